The van der Waals surface area contributed by atoms with Crippen LogP contribution < -0.4 is 5.56 Å². The van der Waals surface area contributed by atoms with Crippen molar-refractivity contribution in [2.45, 2.75) is 26.3 Å². The number of ether oxygens (including phenoxy) is 1. The summed E-state index contributed by atoms with van der Waals surface area (Å²) in [5, 5.41) is 2.75. The highest BCUT2D eigenvalue weighted by atomic mass is 16.5. The molecule has 0 saturated carbocycles. The van der Waals surface area contributed by atoms with Gasteiger partial charge in [0.2, 0.25) is 0 Å². The maximum Gasteiger partial charge on any atom is 0.346 e. The lowest BCUT2D eigenvalue weighted by Crippen LogP contribution is -2.27. The quantitative estimate of drug-likeness (QED) is 0.586. The number of pyridine rings is 1. The first kappa shape index (κ1) is 11.5. The van der Waals surface area contributed by atoms with Gasteiger partial charge in [-0.25, -0.2) is 4.79 Å². The van der Waals surface area contributed by atoms with Gasteiger partial charge in [-0.2, -0.15) is 0 Å². The van der Waals surface area contributed by atoms with Crippen LogP contribution in [0.25, 0.3) is 0 Å². The predicted octanol–water partition coefficient (Wildman–Crippen LogP) is 1.37. The average molecular weight is 236 g/mol. The van der Waals surface area contributed by atoms with Gasteiger partial charge in [0, 0.05) is 12.2 Å². The van der Waals surface area contributed by atoms with Gasteiger partial charge in [0.1, 0.15) is 5.69 Å². The first-order valence-electron chi connectivity index (χ1n) is 5.46. The van der Waals surface area contributed by atoms with Crippen LogP contribution in [0.1, 0.15) is 29.4 Å². The standard InChI is InChI=1S/C11H12N2O4/c1-2-17-11(15)9-8(12-16)6-7-4-3-5-13(7)10(9)14/h6H,2-5H2,1H3. The van der Waals surface area contributed by atoms with Crippen molar-refractivity contribution in [3.8, 4) is 0 Å². The largest absolute Gasteiger partial charge is 0.462 e. The first-order valence-corrected chi connectivity index (χ1v) is 5.46. The van der Waals surface area contributed by atoms with Crippen LogP contribution in [0, 0.1) is 4.91 Å². The number of aromatic nitrogens is 1. The van der Waals surface area contributed by atoms with E-state index >= 15 is 0 Å². The summed E-state index contributed by atoms with van der Waals surface area (Å²) in [6.45, 7) is 2.36. The van der Waals surface area contributed by atoms with E-state index in [1.54, 1.807) is 6.92 Å². The molecule has 90 valence electrons. The molecule has 6 heteroatoms. The lowest BCUT2D eigenvalue weighted by atomic mass is 10.2. The monoisotopic (exact) mass is 236 g/mol. The second-order valence-corrected chi connectivity index (χ2v) is 3.77. The number of nitrogens with zero attached hydrogens (tertiary/aromatic N) is 2. The van der Waals surface area contributed by atoms with Gasteiger partial charge in [-0.05, 0) is 31.0 Å². The van der Waals surface area contributed by atoms with E-state index in [-0.39, 0.29) is 17.9 Å². The Bertz CT molecular complexity index is 533. The Kier molecular flexibility index (Phi) is 3.03. The molecular weight excluding hydrogens is 224 g/mol. The Hall–Kier alpha value is -1.98. The molecule has 0 aliphatic carbocycles. The summed E-state index contributed by atoms with van der Waals surface area (Å²) in [6.07, 6.45) is 1.56. The molecule has 0 bridgehead atoms. The Balaban J connectivity index is 2.61. The first-order chi connectivity index (χ1) is 8.19. The molecule has 0 radical (unpaired) electrons. The summed E-state index contributed by atoms with van der Waals surface area (Å²) in [5.74, 6) is -0.783. The second-order valence-electron chi connectivity index (χ2n) is 3.77. The molecule has 0 spiro atoms. The molecule has 1 aromatic rings. The van der Waals surface area contributed by atoms with Crippen molar-refractivity contribution in [2.75, 3.05) is 6.61 Å². The molecule has 0 aromatic carbocycles. The third-order valence-corrected chi connectivity index (χ3v) is 2.76. The van der Waals surface area contributed by atoms with Gasteiger partial charge < -0.3 is 9.30 Å². The molecule has 0 unspecified atom stereocenters. The van der Waals surface area contributed by atoms with Crippen LogP contribution >= 0.6 is 0 Å². The molecule has 1 aliphatic heterocycles. The minimum absolute atomic E-state index is 0.124. The van der Waals surface area contributed by atoms with Crippen molar-refractivity contribution in [1.82, 2.24) is 4.57 Å². The van der Waals surface area contributed by atoms with E-state index in [0.29, 0.717) is 6.54 Å². The molecule has 1 aliphatic rings. The number of esters is 1. The van der Waals surface area contributed by atoms with E-state index < -0.39 is 11.5 Å². The molecule has 0 atom stereocenters. The molecule has 0 saturated heterocycles. The number of aryl methyl sites for hydroxylation is 1. The number of carbonyl (C=O) groups excluding carboxylic acids is 1. The lowest BCUT2D eigenvalue weighted by Gasteiger charge is -2.07. The SMILES string of the molecule is CCOC(=O)c1c(N=O)cc2n(c1=O)CCC2. The molecule has 6 nitrogen and oxygen atoms in total. The van der Waals surface area contributed by atoms with Crippen LogP contribution in [0.15, 0.2) is 16.0 Å². The Morgan fingerprint density at radius 1 is 1.59 bits per heavy atom. The zero-order valence-electron chi connectivity index (χ0n) is 9.43. The van der Waals surface area contributed by atoms with E-state index in [1.807, 2.05) is 0 Å². The number of rotatable bonds is 3. The fourth-order valence-electron chi connectivity index (χ4n) is 2.02. The number of carbonyl (C=O) groups is 1. The summed E-state index contributed by atoms with van der Waals surface area (Å²) >= 11 is 0. The molecular formula is C11H12N2O4. The molecule has 2 rings (SSSR count). The summed E-state index contributed by atoms with van der Waals surface area (Å²) in [6, 6.07) is 1.49. The highest BCUT2D eigenvalue weighted by molar-refractivity contribution is 5.94. The Morgan fingerprint density at radius 2 is 2.35 bits per heavy atom. The summed E-state index contributed by atoms with van der Waals surface area (Å²) in [4.78, 5) is 34.3. The zero-order chi connectivity index (χ0) is 12.4. The van der Waals surface area contributed by atoms with Crippen molar-refractivity contribution in [2.24, 2.45) is 5.18 Å². The van der Waals surface area contributed by atoms with Crippen molar-refractivity contribution in [3.63, 3.8) is 0 Å². The van der Waals surface area contributed by atoms with Crippen molar-refractivity contribution in [1.29, 1.82) is 0 Å². The van der Waals surface area contributed by atoms with Crippen molar-refractivity contribution >= 4 is 11.7 Å². The number of nitroso groups, excluding NO2 is 1. The summed E-state index contributed by atoms with van der Waals surface area (Å²) in [7, 11) is 0. The minimum atomic E-state index is -0.783. The van der Waals surface area contributed by atoms with E-state index in [0.717, 1.165) is 18.5 Å². The fraction of sp³-hybridized carbons (Fsp3) is 0.455. The van der Waals surface area contributed by atoms with Gasteiger partial charge in [-0.1, -0.05) is 0 Å². The predicted molar refractivity (Wildman–Crippen MR) is 60.4 cm³/mol. The maximum atomic E-state index is 12.0. The third kappa shape index (κ3) is 1.86. The number of hydrogen-bond acceptors (Lipinski definition) is 5. The van der Waals surface area contributed by atoms with Crippen LogP contribution in [0.4, 0.5) is 5.69 Å². The Morgan fingerprint density at radius 3 is 3.00 bits per heavy atom. The third-order valence-electron chi connectivity index (χ3n) is 2.76. The van der Waals surface area contributed by atoms with Gasteiger partial charge in [-0.15, -0.1) is 4.91 Å². The lowest BCUT2D eigenvalue weighted by molar-refractivity contribution is 0.0524. The molecule has 1 aromatic heterocycles. The highest BCUT2D eigenvalue weighted by Gasteiger charge is 2.24. The molecule has 2 heterocycles. The molecule has 0 N–H and O–H groups in total. The average Bonchev–Trinajstić information content (AvgIpc) is 2.77. The summed E-state index contributed by atoms with van der Waals surface area (Å²) in [5.41, 5.74) is -0.111. The van der Waals surface area contributed by atoms with Crippen molar-refractivity contribution < 1.29 is 9.53 Å². The van der Waals surface area contributed by atoms with Gasteiger partial charge >= 0.3 is 5.97 Å². The van der Waals surface area contributed by atoms with Gasteiger partial charge in [0.15, 0.2) is 5.56 Å². The molecule has 17 heavy (non-hydrogen) atoms. The van der Waals surface area contributed by atoms with E-state index in [4.69, 9.17) is 4.74 Å². The molecule has 0 amide bonds. The van der Waals surface area contributed by atoms with Crippen LogP contribution in [-0.2, 0) is 17.7 Å². The van der Waals surface area contributed by atoms with Crippen LogP contribution in [0.5, 0.6) is 0 Å². The van der Waals surface area contributed by atoms with Crippen LogP contribution in [-0.4, -0.2) is 17.1 Å². The fourth-order valence-corrected chi connectivity index (χ4v) is 2.02. The molecule has 0 fully saturated rings. The topological polar surface area (TPSA) is 77.7 Å². The maximum absolute atomic E-state index is 12.0. The van der Waals surface area contributed by atoms with Gasteiger partial charge in [-0.3, -0.25) is 4.79 Å². The Labute approximate surface area is 97.2 Å². The second kappa shape index (κ2) is 4.48. The van der Waals surface area contributed by atoms with Crippen LogP contribution in [0.3, 0.4) is 0 Å². The smallest absolute Gasteiger partial charge is 0.346 e. The zero-order valence-corrected chi connectivity index (χ0v) is 9.43. The van der Waals surface area contributed by atoms with Gasteiger partial charge in [0.05, 0.1) is 6.61 Å². The highest BCUT2D eigenvalue weighted by Crippen LogP contribution is 2.22. The van der Waals surface area contributed by atoms with Crippen molar-refractivity contribution in [3.05, 3.63) is 32.6 Å². The van der Waals surface area contributed by atoms with E-state index in [1.165, 1.54) is 10.6 Å². The van der Waals surface area contributed by atoms with Crippen LogP contribution in [0.2, 0.25) is 0 Å². The summed E-state index contributed by atoms with van der Waals surface area (Å²) < 4.78 is 6.26. The normalized spacial score (nSPS) is 13.2. The number of fused-ring (bicyclic) bond motifs is 1. The van der Waals surface area contributed by atoms with Gasteiger partial charge in [0.25, 0.3) is 5.56 Å². The van der Waals surface area contributed by atoms with E-state index in [2.05, 4.69) is 5.18 Å². The van der Waals surface area contributed by atoms with E-state index in [9.17, 15) is 14.5 Å². The minimum Gasteiger partial charge on any atom is -0.462 e. The number of hydrogen-bond donors (Lipinski definition) is 0.